The van der Waals surface area contributed by atoms with Crippen LogP contribution in [0.15, 0.2) is 23.8 Å². The molecule has 0 aromatic heterocycles. The minimum Gasteiger partial charge on any atom is -0.459 e. The van der Waals surface area contributed by atoms with Gasteiger partial charge in [0.2, 0.25) is 5.78 Å². The van der Waals surface area contributed by atoms with Gasteiger partial charge in [-0.2, -0.15) is 0 Å². The Kier molecular flexibility index (Phi) is 5.71. The van der Waals surface area contributed by atoms with Gasteiger partial charge in [-0.25, -0.2) is 4.39 Å². The Bertz CT molecular complexity index is 1020. The minimum atomic E-state index is -2.02. The molecular formula is C26H33FO7. The zero-order chi connectivity index (χ0) is 25.3. The second-order valence-electron chi connectivity index (χ2n) is 11.0. The minimum absolute atomic E-state index is 0.0679. The number of hydrogen-bond acceptors (Lipinski definition) is 7. The number of carbonyl (C=O) groups is 4. The summed E-state index contributed by atoms with van der Waals surface area (Å²) in [5, 5.41) is 11.9. The van der Waals surface area contributed by atoms with E-state index in [0.717, 1.165) is 0 Å². The fraction of sp³-hybridized carbons (Fsp3) is 0.692. The summed E-state index contributed by atoms with van der Waals surface area (Å²) in [5.74, 6) is -3.62. The summed E-state index contributed by atoms with van der Waals surface area (Å²) in [5.41, 5.74) is -5.48. The Labute approximate surface area is 198 Å². The lowest BCUT2D eigenvalue weighted by atomic mass is 9.44. The molecule has 0 aliphatic heterocycles. The van der Waals surface area contributed by atoms with Gasteiger partial charge in [0.15, 0.2) is 18.1 Å². The van der Waals surface area contributed by atoms with Gasteiger partial charge in [0, 0.05) is 30.6 Å². The molecule has 7 nitrogen and oxygen atoms in total. The van der Waals surface area contributed by atoms with E-state index in [4.69, 9.17) is 9.47 Å². The first-order chi connectivity index (χ1) is 15.7. The number of rotatable bonds is 4. The van der Waals surface area contributed by atoms with Crippen molar-refractivity contribution in [3.63, 3.8) is 0 Å². The van der Waals surface area contributed by atoms with Gasteiger partial charge in [0.25, 0.3) is 0 Å². The average molecular weight is 477 g/mol. The summed E-state index contributed by atoms with van der Waals surface area (Å²) in [6, 6.07) is 0. The van der Waals surface area contributed by atoms with Crippen LogP contribution in [-0.2, 0) is 28.7 Å². The van der Waals surface area contributed by atoms with E-state index in [-0.39, 0.29) is 18.1 Å². The molecule has 4 rings (SSSR count). The molecule has 0 aromatic rings. The maximum Gasteiger partial charge on any atom is 0.303 e. The number of esters is 2. The number of aliphatic hydroxyl groups is 1. The van der Waals surface area contributed by atoms with Crippen molar-refractivity contribution < 1.29 is 38.1 Å². The molecule has 1 N–H and O–H groups in total. The molecule has 0 bridgehead atoms. The fourth-order valence-corrected chi connectivity index (χ4v) is 7.71. The van der Waals surface area contributed by atoms with Crippen LogP contribution in [0.4, 0.5) is 4.39 Å². The molecule has 8 heteroatoms. The summed E-state index contributed by atoms with van der Waals surface area (Å²) < 4.78 is 28.1. The normalized spacial score (nSPS) is 44.9. The fourth-order valence-electron chi connectivity index (χ4n) is 7.71. The molecule has 0 spiro atoms. The number of Topliss-reactive ketones (excluding diaryl/α,β-unsaturated/α-hetero) is 1. The Morgan fingerprint density at radius 3 is 2.47 bits per heavy atom. The summed E-state index contributed by atoms with van der Waals surface area (Å²) in [7, 11) is 0. The molecule has 0 unspecified atom stereocenters. The Morgan fingerprint density at radius 1 is 1.18 bits per heavy atom. The number of hydrogen-bond donors (Lipinski definition) is 1. The molecule has 186 valence electrons. The van der Waals surface area contributed by atoms with E-state index in [1.807, 2.05) is 0 Å². The number of ketones is 2. The summed E-state index contributed by atoms with van der Waals surface area (Å²) in [6.07, 6.45) is 4.43. The first kappa shape index (κ1) is 24.8. The zero-order valence-corrected chi connectivity index (χ0v) is 20.4. The monoisotopic (exact) mass is 476 g/mol. The van der Waals surface area contributed by atoms with Crippen LogP contribution in [0.3, 0.4) is 0 Å². The van der Waals surface area contributed by atoms with Crippen LogP contribution in [0.25, 0.3) is 0 Å². The predicted octanol–water partition coefficient (Wildman–Crippen LogP) is 3.04. The molecule has 4 aliphatic rings. The second kappa shape index (κ2) is 7.83. The van der Waals surface area contributed by atoms with Gasteiger partial charge in [-0.1, -0.05) is 25.5 Å². The quantitative estimate of drug-likeness (QED) is 0.622. The van der Waals surface area contributed by atoms with Crippen molar-refractivity contribution >= 4 is 23.5 Å². The highest BCUT2D eigenvalue weighted by molar-refractivity contribution is 6.01. The average Bonchev–Trinajstić information content (AvgIpc) is 2.94. The van der Waals surface area contributed by atoms with Crippen molar-refractivity contribution in [1.29, 1.82) is 0 Å². The highest BCUT2D eigenvalue weighted by atomic mass is 19.1. The van der Waals surface area contributed by atoms with Crippen molar-refractivity contribution in [2.75, 3.05) is 6.61 Å². The van der Waals surface area contributed by atoms with Gasteiger partial charge in [0.1, 0.15) is 11.7 Å². The highest BCUT2D eigenvalue weighted by Gasteiger charge is 2.76. The van der Waals surface area contributed by atoms with Crippen molar-refractivity contribution in [3.8, 4) is 0 Å². The Morgan fingerprint density at radius 2 is 1.85 bits per heavy atom. The lowest BCUT2D eigenvalue weighted by Crippen LogP contribution is -2.70. The topological polar surface area (TPSA) is 107 Å². The molecule has 3 saturated carbocycles. The van der Waals surface area contributed by atoms with E-state index < -0.39 is 64.4 Å². The number of halogens is 1. The number of fused-ring (bicyclic) bond motifs is 5. The highest BCUT2D eigenvalue weighted by Crippen LogP contribution is 2.71. The van der Waals surface area contributed by atoms with Crippen LogP contribution in [0.5, 0.6) is 0 Å². The third-order valence-corrected chi connectivity index (χ3v) is 9.34. The van der Waals surface area contributed by atoms with Gasteiger partial charge < -0.3 is 14.6 Å². The van der Waals surface area contributed by atoms with Gasteiger partial charge >= 0.3 is 11.9 Å². The number of alkyl halides is 1. The van der Waals surface area contributed by atoms with E-state index in [9.17, 15) is 24.3 Å². The van der Waals surface area contributed by atoms with Crippen molar-refractivity contribution in [2.24, 2.45) is 28.6 Å². The summed E-state index contributed by atoms with van der Waals surface area (Å²) in [4.78, 5) is 48.7. The maximum atomic E-state index is 17.6. The van der Waals surface area contributed by atoms with E-state index in [1.54, 1.807) is 26.8 Å². The van der Waals surface area contributed by atoms with Crippen molar-refractivity contribution in [2.45, 2.75) is 77.7 Å². The Balaban J connectivity index is 1.83. The van der Waals surface area contributed by atoms with Gasteiger partial charge in [-0.3, -0.25) is 19.2 Å². The standard InChI is InChI=1S/C26H33FO7/c1-14-10-20-19-7-6-17-11-18(30)8-9-23(17,4)25(19,27)22(34-16(3)29)12-24(20,5)26(14,32)21(31)13-33-15(2)28/h8-9,11,14,19-20,22,32H,6-7,10,12-13H2,1-5H3/t14-,19+,20-,22+,23+,24+,25+,26+/m1/s1. The number of carbonyl (C=O) groups excluding carboxylic acids is 4. The van der Waals surface area contributed by atoms with E-state index in [1.165, 1.54) is 26.0 Å². The molecule has 0 amide bonds. The summed E-state index contributed by atoms with van der Waals surface area (Å²) >= 11 is 0. The maximum absolute atomic E-state index is 17.6. The van der Waals surface area contributed by atoms with Crippen LogP contribution in [0.1, 0.15) is 60.3 Å². The van der Waals surface area contributed by atoms with Gasteiger partial charge in [-0.05, 0) is 56.6 Å². The van der Waals surface area contributed by atoms with Gasteiger partial charge in [-0.15, -0.1) is 0 Å². The molecular weight excluding hydrogens is 443 g/mol. The smallest absolute Gasteiger partial charge is 0.303 e. The predicted molar refractivity (Wildman–Crippen MR) is 119 cm³/mol. The van der Waals surface area contributed by atoms with Crippen LogP contribution in [0, 0.1) is 28.6 Å². The molecule has 4 aliphatic carbocycles. The molecule has 0 radical (unpaired) electrons. The zero-order valence-electron chi connectivity index (χ0n) is 20.4. The molecule has 8 atom stereocenters. The Hall–Kier alpha value is -2.35. The first-order valence-corrected chi connectivity index (χ1v) is 11.9. The first-order valence-electron chi connectivity index (χ1n) is 11.9. The van der Waals surface area contributed by atoms with Crippen LogP contribution < -0.4 is 0 Å². The third-order valence-electron chi connectivity index (χ3n) is 9.34. The van der Waals surface area contributed by atoms with Crippen LogP contribution in [0.2, 0.25) is 0 Å². The molecule has 3 fully saturated rings. The van der Waals surface area contributed by atoms with E-state index >= 15 is 4.39 Å². The van der Waals surface area contributed by atoms with Crippen LogP contribution in [-0.4, -0.2) is 52.6 Å². The number of ether oxygens (including phenoxy) is 2. The third kappa shape index (κ3) is 3.10. The molecule has 34 heavy (non-hydrogen) atoms. The van der Waals surface area contributed by atoms with Crippen molar-refractivity contribution in [3.05, 3.63) is 23.8 Å². The van der Waals surface area contributed by atoms with Crippen LogP contribution >= 0.6 is 0 Å². The molecule has 0 heterocycles. The number of allylic oxidation sites excluding steroid dienone is 4. The molecule has 0 aromatic carbocycles. The lowest BCUT2D eigenvalue weighted by Gasteiger charge is -2.63. The molecule has 0 saturated heterocycles. The largest absolute Gasteiger partial charge is 0.459 e. The van der Waals surface area contributed by atoms with Gasteiger partial charge in [0.05, 0.1) is 0 Å². The lowest BCUT2D eigenvalue weighted by molar-refractivity contribution is -0.229. The summed E-state index contributed by atoms with van der Waals surface area (Å²) in [6.45, 7) is 7.08. The SMILES string of the molecule is CC(=O)OCC(=O)[C@@]1(O)[C@H](C)C[C@@H]2[C@@H]3CCC4=CC(=O)C=C[C@]4(C)[C@@]3(F)[C@@H](OC(C)=O)C[C@@]21C. The second-order valence-corrected chi connectivity index (χ2v) is 11.0. The van der Waals surface area contributed by atoms with E-state index in [0.29, 0.717) is 24.8 Å². The van der Waals surface area contributed by atoms with Crippen molar-refractivity contribution in [1.82, 2.24) is 0 Å². The van der Waals surface area contributed by atoms with E-state index in [2.05, 4.69) is 0 Å².